The maximum Gasteiger partial charge on any atom is 0.330 e. The van der Waals surface area contributed by atoms with Gasteiger partial charge in [0, 0.05) is 5.41 Å². The molecule has 2 aliphatic carbocycles. The second-order valence-electron chi connectivity index (χ2n) is 12.1. The van der Waals surface area contributed by atoms with Crippen LogP contribution in [0.3, 0.4) is 0 Å². The fourth-order valence-corrected chi connectivity index (χ4v) is 6.31. The predicted molar refractivity (Wildman–Crippen MR) is 153 cm³/mol. The molecule has 0 amide bonds. The first-order chi connectivity index (χ1) is 17.5. The van der Waals surface area contributed by atoms with E-state index in [1.165, 1.54) is 44.5 Å². The van der Waals surface area contributed by atoms with E-state index in [-0.39, 0.29) is 5.41 Å². The van der Waals surface area contributed by atoms with Gasteiger partial charge in [0.15, 0.2) is 0 Å². The number of hydrogen-bond acceptors (Lipinski definition) is 2. The summed E-state index contributed by atoms with van der Waals surface area (Å²) in [6.45, 7) is 12.1. The highest BCUT2D eigenvalue weighted by molar-refractivity contribution is 6.47. The Hall–Kier alpha value is -3.14. The van der Waals surface area contributed by atoms with Gasteiger partial charge in [-0.1, -0.05) is 110 Å². The third-order valence-corrected chi connectivity index (χ3v) is 9.04. The van der Waals surface area contributed by atoms with E-state index < -0.39 is 16.6 Å². The smallest absolute Gasteiger partial charge is 0.330 e. The lowest BCUT2D eigenvalue weighted by Gasteiger charge is -2.46. The van der Waals surface area contributed by atoms with Crippen LogP contribution in [0.2, 0.25) is 0 Å². The molecule has 1 radical (unpaired) electrons. The first kappa shape index (κ1) is 24.2. The van der Waals surface area contributed by atoms with E-state index in [2.05, 4.69) is 105 Å². The summed E-state index contributed by atoms with van der Waals surface area (Å²) in [6, 6.07) is 33.5. The quantitative estimate of drug-likeness (QED) is 0.295. The third-order valence-electron chi connectivity index (χ3n) is 9.04. The van der Waals surface area contributed by atoms with Gasteiger partial charge >= 0.3 is 7.48 Å². The van der Waals surface area contributed by atoms with Gasteiger partial charge in [-0.2, -0.15) is 0 Å². The zero-order chi connectivity index (χ0) is 26.2. The number of benzene rings is 4. The van der Waals surface area contributed by atoms with Crippen LogP contribution in [0.1, 0.15) is 74.9 Å². The van der Waals surface area contributed by atoms with Crippen molar-refractivity contribution in [2.24, 2.45) is 0 Å². The van der Waals surface area contributed by atoms with Crippen molar-refractivity contribution in [2.75, 3.05) is 0 Å². The van der Waals surface area contributed by atoms with Crippen LogP contribution in [-0.4, -0.2) is 23.8 Å². The van der Waals surface area contributed by atoms with E-state index in [4.69, 9.17) is 4.65 Å². The van der Waals surface area contributed by atoms with E-state index in [1.807, 2.05) is 13.8 Å². The topological polar surface area (TPSA) is 29.5 Å². The van der Waals surface area contributed by atoms with E-state index in [0.29, 0.717) is 0 Å². The molecule has 2 nitrogen and oxygen atoms in total. The molecule has 185 valence electrons. The Bertz CT molecular complexity index is 1470. The minimum atomic E-state index is -0.982. The number of fused-ring (bicyclic) bond motifs is 9. The Morgan fingerprint density at radius 2 is 1.11 bits per heavy atom. The molecule has 0 aromatic heterocycles. The van der Waals surface area contributed by atoms with Crippen LogP contribution in [-0.2, 0) is 15.5 Å². The molecule has 0 heterocycles. The molecule has 0 unspecified atom stereocenters. The summed E-state index contributed by atoms with van der Waals surface area (Å²) in [6.07, 6.45) is 0. The lowest BCUT2D eigenvalue weighted by Crippen LogP contribution is -2.49. The maximum atomic E-state index is 10.6. The summed E-state index contributed by atoms with van der Waals surface area (Å²) in [5, 5.41) is 10.6. The van der Waals surface area contributed by atoms with Gasteiger partial charge in [0.25, 0.3) is 0 Å². The number of aliphatic hydroxyl groups is 1. The van der Waals surface area contributed by atoms with Crippen molar-refractivity contribution < 1.29 is 9.76 Å². The first-order valence-electron chi connectivity index (χ1n) is 13.2. The molecule has 0 saturated heterocycles. The van der Waals surface area contributed by atoms with Crippen LogP contribution in [0, 0.1) is 0 Å². The van der Waals surface area contributed by atoms with Crippen LogP contribution in [0.5, 0.6) is 0 Å². The standard InChI is InChI=1S/C34H34BO2/c1-31(2)26-15-9-11-17-28(26)34(29-18-12-10-16-27(29)31)25-14-8-7-13-23(25)24-20-19-22(21-30(24)34)35-37-33(5,6)32(3,4)36/h7-21,36H,1-6H3. The highest BCUT2D eigenvalue weighted by Gasteiger charge is 2.53. The van der Waals surface area contributed by atoms with Crippen molar-refractivity contribution in [2.45, 2.75) is 63.6 Å². The average molecular weight is 485 g/mol. The van der Waals surface area contributed by atoms with Crippen molar-refractivity contribution in [3.8, 4) is 11.1 Å². The predicted octanol–water partition coefficient (Wildman–Crippen LogP) is 6.50. The molecule has 1 N–H and O–H groups in total. The molecular weight excluding hydrogens is 451 g/mol. The van der Waals surface area contributed by atoms with Gasteiger partial charge in [-0.05, 0) is 72.2 Å². The summed E-state index contributed by atoms with van der Waals surface area (Å²) in [5.74, 6) is 0. The van der Waals surface area contributed by atoms with Gasteiger partial charge < -0.3 is 9.76 Å². The van der Waals surface area contributed by atoms with Crippen LogP contribution in [0.25, 0.3) is 11.1 Å². The van der Waals surface area contributed by atoms with Gasteiger partial charge in [-0.25, -0.2) is 0 Å². The maximum absolute atomic E-state index is 10.6. The van der Waals surface area contributed by atoms with Crippen molar-refractivity contribution in [1.29, 1.82) is 0 Å². The normalized spacial score (nSPS) is 16.5. The van der Waals surface area contributed by atoms with Gasteiger partial charge in [0.1, 0.15) is 0 Å². The molecular formula is C34H34BO2. The van der Waals surface area contributed by atoms with E-state index in [1.54, 1.807) is 21.3 Å². The van der Waals surface area contributed by atoms with Crippen molar-refractivity contribution in [3.05, 3.63) is 124 Å². The number of hydrogen-bond donors (Lipinski definition) is 1. The summed E-state index contributed by atoms with van der Waals surface area (Å²) >= 11 is 0. The van der Waals surface area contributed by atoms with Crippen molar-refractivity contribution in [1.82, 2.24) is 0 Å². The highest BCUT2D eigenvalue weighted by atomic mass is 16.5. The highest BCUT2D eigenvalue weighted by Crippen LogP contribution is 2.61. The molecule has 4 aromatic rings. The average Bonchev–Trinajstić information content (AvgIpc) is 3.16. The lowest BCUT2D eigenvalue weighted by atomic mass is 9.55. The first-order valence-corrected chi connectivity index (χ1v) is 13.2. The molecule has 0 atom stereocenters. The zero-order valence-corrected chi connectivity index (χ0v) is 22.6. The molecule has 0 aliphatic heterocycles. The number of rotatable bonds is 4. The monoisotopic (exact) mass is 485 g/mol. The van der Waals surface area contributed by atoms with E-state index >= 15 is 0 Å². The fourth-order valence-electron chi connectivity index (χ4n) is 6.31. The molecule has 0 bridgehead atoms. The van der Waals surface area contributed by atoms with Crippen LogP contribution in [0.4, 0.5) is 0 Å². The van der Waals surface area contributed by atoms with E-state index in [9.17, 15) is 5.11 Å². The summed E-state index contributed by atoms with van der Waals surface area (Å²) in [7, 11) is 1.81. The minimum absolute atomic E-state index is 0.111. The summed E-state index contributed by atoms with van der Waals surface area (Å²) < 4.78 is 6.19. The summed E-state index contributed by atoms with van der Waals surface area (Å²) in [4.78, 5) is 0. The molecule has 1 spiro atoms. The van der Waals surface area contributed by atoms with Crippen LogP contribution < -0.4 is 5.46 Å². The van der Waals surface area contributed by atoms with Gasteiger partial charge in [0.05, 0.1) is 16.6 Å². The van der Waals surface area contributed by atoms with E-state index in [0.717, 1.165) is 5.46 Å². The molecule has 0 saturated carbocycles. The zero-order valence-electron chi connectivity index (χ0n) is 22.6. The largest absolute Gasteiger partial charge is 0.427 e. The fraction of sp³-hybridized carbons (Fsp3) is 0.294. The molecule has 6 rings (SSSR count). The Kier molecular flexibility index (Phi) is 5.19. The van der Waals surface area contributed by atoms with Crippen molar-refractivity contribution in [3.63, 3.8) is 0 Å². The second kappa shape index (κ2) is 7.93. The van der Waals surface area contributed by atoms with Gasteiger partial charge in [-0.3, -0.25) is 0 Å². The van der Waals surface area contributed by atoms with Gasteiger partial charge in [-0.15, -0.1) is 0 Å². The molecule has 0 fully saturated rings. The molecule has 3 heteroatoms. The third kappa shape index (κ3) is 3.27. The Morgan fingerprint density at radius 1 is 0.622 bits per heavy atom. The molecule has 2 aliphatic rings. The Labute approximate surface area is 221 Å². The SMILES string of the molecule is CC1(C)c2ccccc2C2(c3ccccc3-c3ccc([B]OC(C)(C)C(C)(C)O)cc32)c2ccccc21. The van der Waals surface area contributed by atoms with Crippen LogP contribution >= 0.6 is 0 Å². The Morgan fingerprint density at radius 3 is 1.68 bits per heavy atom. The molecule has 37 heavy (non-hydrogen) atoms. The Balaban J connectivity index is 1.63. The molecule has 4 aromatic carbocycles. The van der Waals surface area contributed by atoms with Crippen LogP contribution in [0.15, 0.2) is 91.0 Å². The van der Waals surface area contributed by atoms with Gasteiger partial charge in [0.2, 0.25) is 0 Å². The van der Waals surface area contributed by atoms with Crippen molar-refractivity contribution >= 4 is 12.9 Å². The summed E-state index contributed by atoms with van der Waals surface area (Å²) in [5.41, 5.74) is 9.33. The second-order valence-corrected chi connectivity index (χ2v) is 12.1. The lowest BCUT2D eigenvalue weighted by molar-refractivity contribution is -0.0893. The minimum Gasteiger partial charge on any atom is -0.427 e.